The van der Waals surface area contributed by atoms with Gasteiger partial charge in [0.05, 0.1) is 77.1 Å². The zero-order chi connectivity index (χ0) is 89.0. The fourth-order valence-electron chi connectivity index (χ4n) is 18.9. The quantitative estimate of drug-likeness (QED) is 0.0523. The molecule has 3 fully saturated rings. The molecule has 0 spiro atoms. The highest BCUT2D eigenvalue weighted by atomic mass is 19.1. The molecule has 29 nitrogen and oxygen atoms in total. The normalized spacial score (nSPS) is 16.7. The van der Waals surface area contributed by atoms with Crippen molar-refractivity contribution in [2.45, 2.75) is 102 Å². The molecule has 2 atom stereocenters. The zero-order valence-electron chi connectivity index (χ0n) is 73.0. The van der Waals surface area contributed by atoms with Gasteiger partial charge in [-0.3, -0.25) is 23.6 Å². The molecule has 15 aromatic rings. The van der Waals surface area contributed by atoms with E-state index in [0.29, 0.717) is 103 Å². The number of nitrogens with one attached hydrogen (secondary N) is 3. The molecule has 16 heterocycles. The number of ketones is 4. The second-order valence-electron chi connectivity index (χ2n) is 34.8. The first-order valence-electron chi connectivity index (χ1n) is 43.8. The number of imidazole rings is 1. The number of halogens is 1. The number of aryl methyl sites for hydroxylation is 3. The predicted octanol–water partition coefficient (Wildman–Crippen LogP) is 14.9. The number of nitrogen functional groups attached to an aromatic ring is 1. The van der Waals surface area contributed by atoms with Crippen LogP contribution in [0.25, 0.3) is 83.4 Å². The molecule has 3 aliphatic heterocycles. The summed E-state index contributed by atoms with van der Waals surface area (Å²) in [7, 11) is 10.1. The van der Waals surface area contributed by atoms with Gasteiger partial charge in [-0.15, -0.1) is 0 Å². The summed E-state index contributed by atoms with van der Waals surface area (Å²) in [4.78, 5) is 100. The first-order valence-corrected chi connectivity index (χ1v) is 43.8. The fourth-order valence-corrected chi connectivity index (χ4v) is 18.9. The van der Waals surface area contributed by atoms with E-state index in [9.17, 15) is 33.8 Å². The summed E-state index contributed by atoms with van der Waals surface area (Å²) in [6, 6.07) is 35.2. The molecule has 0 bridgehead atoms. The number of pyridine rings is 9. The van der Waals surface area contributed by atoms with E-state index >= 15 is 0 Å². The number of aliphatic hydroxyl groups excluding tert-OH is 1. The number of likely N-dealkylation sites (N-methyl/N-ethyl adjacent to an activating group) is 1. The van der Waals surface area contributed by atoms with Gasteiger partial charge in [-0.25, -0.2) is 49.2 Å². The Balaban J connectivity index is 0.000000114. The highest BCUT2D eigenvalue weighted by Crippen LogP contribution is 2.44. The summed E-state index contributed by atoms with van der Waals surface area (Å²) in [6.07, 6.45) is 29.8. The molecule has 0 radical (unpaired) electrons. The number of carbonyl (C=O) groups is 4. The number of fused-ring (bicyclic) bond motifs is 8. The van der Waals surface area contributed by atoms with Crippen LogP contribution in [0.1, 0.15) is 116 Å². The van der Waals surface area contributed by atoms with Crippen molar-refractivity contribution in [3.8, 4) is 44.6 Å². The van der Waals surface area contributed by atoms with Crippen LogP contribution in [0.4, 0.5) is 61.9 Å². The van der Waals surface area contributed by atoms with Crippen molar-refractivity contribution in [1.82, 2.24) is 67.9 Å². The minimum absolute atomic E-state index is 0.0503. The Morgan fingerprint density at radius 1 is 0.465 bits per heavy atom. The molecule has 0 amide bonds. The minimum atomic E-state index is -0.912. The summed E-state index contributed by atoms with van der Waals surface area (Å²) in [5.41, 5.74) is 27.4. The zero-order valence-corrected chi connectivity index (χ0v) is 73.0. The van der Waals surface area contributed by atoms with Crippen molar-refractivity contribution in [2.75, 3.05) is 110 Å². The van der Waals surface area contributed by atoms with Crippen LogP contribution in [0, 0.1) is 5.82 Å². The molecular weight excluding hydrogens is 1630 g/mol. The lowest BCUT2D eigenvalue weighted by atomic mass is 9.97. The number of piperidine rings is 1. The maximum Gasteiger partial charge on any atom is 0.167 e. The number of carbonyl (C=O) groups excluding carboxylic acids is 4. The number of morpholine rings is 2. The van der Waals surface area contributed by atoms with E-state index in [1.54, 1.807) is 51.0 Å². The Labute approximate surface area is 743 Å². The summed E-state index contributed by atoms with van der Waals surface area (Å²) in [6.45, 7) is 10.4. The molecular formula is C99H100FN21O8. The van der Waals surface area contributed by atoms with Crippen LogP contribution in [0.2, 0.25) is 0 Å². The Kier molecular flexibility index (Phi) is 23.1. The SMILES string of the molecule is CC(C)(O)C1CN(c2ccc(Nc3ncc(-c4cnc5cc(F)ccn45)c4c3C(=O)CC4)cc2)CCO1.CN(C)C[C@@H]1CN(c2ccc(Nc3ncc(-c4ccnc5c4ccn5C)c4c3C(=O)CC4)cc2)CCO1.Cn1ccc2c(-c3cnc(N)c4c3CCC4=O)ccnc21.Cn1ccc2c(-c3cnc(Nc4ccc(N5CCC(O)CC5)nc4)c4c3CCC4=O)ccnc21. The summed E-state index contributed by atoms with van der Waals surface area (Å²) >= 11 is 0. The molecule has 1 unspecified atom stereocenters. The van der Waals surface area contributed by atoms with Gasteiger partial charge in [-0.2, -0.15) is 0 Å². The number of anilines is 10. The van der Waals surface area contributed by atoms with Crippen molar-refractivity contribution in [2.24, 2.45) is 21.1 Å². The summed E-state index contributed by atoms with van der Waals surface area (Å²) in [5, 5.41) is 33.3. The monoisotopic (exact) mass is 1730 g/mol. The summed E-state index contributed by atoms with van der Waals surface area (Å²) < 4.78 is 33.1. The number of ether oxygens (including phenoxy) is 2. The molecule has 13 aromatic heterocycles. The maximum atomic E-state index is 13.6. The fraction of sp³-hybridized carbons (Fsp3) is 0.303. The molecule has 4 aliphatic carbocycles. The van der Waals surface area contributed by atoms with Gasteiger partial charge >= 0.3 is 0 Å². The third-order valence-electron chi connectivity index (χ3n) is 25.6. The number of aromatic nitrogens is 13. The first-order chi connectivity index (χ1) is 62.5. The average molecular weight is 1730 g/mol. The molecule has 2 aromatic carbocycles. The molecule has 22 rings (SSSR count). The van der Waals surface area contributed by atoms with Gasteiger partial charge in [0.15, 0.2) is 23.1 Å². The largest absolute Gasteiger partial charge is 0.393 e. The van der Waals surface area contributed by atoms with Crippen LogP contribution < -0.4 is 36.4 Å². The van der Waals surface area contributed by atoms with Gasteiger partial charge in [0, 0.05) is 228 Å². The molecule has 656 valence electrons. The number of aliphatic hydroxyl groups is 2. The molecule has 3 saturated heterocycles. The van der Waals surface area contributed by atoms with Crippen LogP contribution in [-0.2, 0) is 56.3 Å². The Hall–Kier alpha value is -14.0. The molecule has 7 N–H and O–H groups in total. The highest BCUT2D eigenvalue weighted by Gasteiger charge is 2.36. The molecule has 7 aliphatic rings. The number of hydrogen-bond donors (Lipinski definition) is 6. The van der Waals surface area contributed by atoms with Crippen LogP contribution in [0.15, 0.2) is 190 Å². The lowest BCUT2D eigenvalue weighted by Crippen LogP contribution is -2.52. The van der Waals surface area contributed by atoms with E-state index in [4.69, 9.17) is 20.2 Å². The predicted molar refractivity (Wildman–Crippen MR) is 498 cm³/mol. The van der Waals surface area contributed by atoms with Crippen molar-refractivity contribution in [3.05, 3.63) is 240 Å². The van der Waals surface area contributed by atoms with Crippen LogP contribution >= 0.6 is 0 Å². The van der Waals surface area contributed by atoms with E-state index in [-0.39, 0.29) is 47.3 Å². The Morgan fingerprint density at radius 3 is 1.39 bits per heavy atom. The van der Waals surface area contributed by atoms with Crippen molar-refractivity contribution in [3.63, 3.8) is 0 Å². The number of rotatable bonds is 16. The first kappa shape index (κ1) is 84.5. The smallest absolute Gasteiger partial charge is 0.167 e. The number of benzene rings is 2. The van der Waals surface area contributed by atoms with Crippen molar-refractivity contribution < 1.29 is 43.3 Å². The number of Topliss-reactive ketones (excluding diaryl/α,β-unsaturated/α-hetero) is 4. The standard InChI is InChI=1S/C29H32N6O2.C28H28FN5O3.C26H26N6O2.C16H14N4O/c1-33(2)17-21-18-35(14-15-37-21)20-6-4-19(5-7-20)32-28-27-23(8-9-26(27)36)25(16-31-28)22-10-12-30-29-24(22)11-13-34(29)3;1-28(2,36)24-16-33(11-12-37-24)19-5-3-18(4-6-19)32-27-26-20(7-8-23(26)35)21(14-31-27)22-15-30-25-13-17(29)9-10-34(22)25;1-31-11-9-20-18(6-10-27-26(20)31)21-15-29-25(24-19(21)3-4-22(24)34)30-16-2-5-23(28-14-16)32-12-7-17(33)8-13-32;1-20-7-5-11-9(4-6-18-16(11)20)12-8-19-15(17)14-10(12)2-3-13(14)21/h4-7,10-13,16,21H,8-9,14-15,17-18H2,1-3H3,(H,31,32);3-6,9-10,13-15,24,36H,7-8,11-12,16H2,1-2H3,(H,31,32);2,5-6,9-11,14-15,17,33H,3-4,7-8,12-13H2,1H3,(H,29,30);4-8H,2-3H2,1H3,(H2,17,19)/t21-;;;/m1.../s1. The Morgan fingerprint density at radius 2 is 0.907 bits per heavy atom. The number of hydrogen-bond acceptors (Lipinski definition) is 25. The van der Waals surface area contributed by atoms with Crippen molar-refractivity contribution >= 4 is 119 Å². The van der Waals surface area contributed by atoms with Crippen LogP contribution in [0.5, 0.6) is 0 Å². The van der Waals surface area contributed by atoms with E-state index in [1.807, 2.05) is 143 Å². The molecule has 129 heavy (non-hydrogen) atoms. The van der Waals surface area contributed by atoms with Crippen LogP contribution in [-0.4, -0.2) is 198 Å². The topological polar surface area (TPSA) is 337 Å². The van der Waals surface area contributed by atoms with Gasteiger partial charge in [0.1, 0.15) is 63.6 Å². The second kappa shape index (κ2) is 35.3. The third-order valence-corrected chi connectivity index (χ3v) is 25.6. The lowest BCUT2D eigenvalue weighted by molar-refractivity contribution is -0.0927. The number of nitrogens with zero attached hydrogens (tertiary/aromatic N) is 17. The van der Waals surface area contributed by atoms with E-state index in [1.165, 1.54) is 17.8 Å². The highest BCUT2D eigenvalue weighted by molar-refractivity contribution is 6.11. The summed E-state index contributed by atoms with van der Waals surface area (Å²) in [5.74, 6) is 3.02. The van der Waals surface area contributed by atoms with E-state index in [2.05, 4.69) is 126 Å². The van der Waals surface area contributed by atoms with E-state index in [0.717, 1.165) is 200 Å². The number of nitrogens with two attached hydrogens (primary N) is 1. The average Bonchev–Trinajstić information content (AvgIpc) is 1.64. The third kappa shape index (κ3) is 16.9. The van der Waals surface area contributed by atoms with Crippen molar-refractivity contribution in [1.29, 1.82) is 0 Å². The van der Waals surface area contributed by atoms with Gasteiger partial charge in [0.25, 0.3) is 0 Å². The Bertz CT molecular complexity index is 6850. The molecule has 0 saturated carbocycles. The van der Waals surface area contributed by atoms with Gasteiger partial charge in [-0.05, 0) is 209 Å². The van der Waals surface area contributed by atoms with Gasteiger partial charge < -0.3 is 74.7 Å². The maximum absolute atomic E-state index is 13.6. The van der Waals surface area contributed by atoms with E-state index < -0.39 is 5.60 Å². The van der Waals surface area contributed by atoms with Gasteiger partial charge in [0.2, 0.25) is 0 Å². The van der Waals surface area contributed by atoms with Gasteiger partial charge in [-0.1, -0.05) is 0 Å². The van der Waals surface area contributed by atoms with Crippen LogP contribution in [0.3, 0.4) is 0 Å². The lowest BCUT2D eigenvalue weighted by Gasteiger charge is -2.39. The molecule has 30 heteroatoms. The minimum Gasteiger partial charge on any atom is -0.393 e. The second-order valence-corrected chi connectivity index (χ2v) is 34.8.